The van der Waals surface area contributed by atoms with Gasteiger partial charge in [0.15, 0.2) is 0 Å². The molecule has 0 aromatic heterocycles. The summed E-state index contributed by atoms with van der Waals surface area (Å²) < 4.78 is 0. The molecule has 0 radical (unpaired) electrons. The molecule has 0 aliphatic carbocycles. The fraction of sp³-hybridized carbons (Fsp3) is 0.667. The molecule has 0 spiro atoms. The number of likely N-dealkylation sites (tertiary alicyclic amines) is 1. The maximum atomic E-state index is 3.74. The largest absolute Gasteiger partial charge is 0.309 e. The van der Waals surface area contributed by atoms with Gasteiger partial charge in [0.25, 0.3) is 0 Å². The molecule has 1 aromatic rings. The van der Waals surface area contributed by atoms with Crippen LogP contribution in [0.1, 0.15) is 36.4 Å². The summed E-state index contributed by atoms with van der Waals surface area (Å²) in [4.78, 5) is 5.35. The van der Waals surface area contributed by atoms with E-state index in [-0.39, 0.29) is 0 Å². The van der Waals surface area contributed by atoms with Crippen LogP contribution in [0.25, 0.3) is 0 Å². The monoisotopic (exact) mass is 285 g/mol. The zero-order valence-electron chi connectivity index (χ0n) is 13.1. The van der Waals surface area contributed by atoms with E-state index in [4.69, 9.17) is 0 Å². The Balaban J connectivity index is 1.47. The third-order valence-electron chi connectivity index (χ3n) is 5.89. The van der Waals surface area contributed by atoms with Crippen LogP contribution < -0.4 is 5.32 Å². The zero-order chi connectivity index (χ0) is 14.2. The number of nitrogens with one attached hydrogen (secondary N) is 1. The van der Waals surface area contributed by atoms with Gasteiger partial charge in [-0.1, -0.05) is 24.3 Å². The molecule has 21 heavy (non-hydrogen) atoms. The standard InChI is InChI=1S/C18H27N3/c1-20-15-6-7-16(20)12-21(11-9-15)13-18-17-5-3-2-4-14(17)8-10-19-18/h2-5,15-16,18-19H,6-13H2,1H3. The molecule has 0 amide bonds. The maximum absolute atomic E-state index is 3.74. The van der Waals surface area contributed by atoms with E-state index >= 15 is 0 Å². The highest BCUT2D eigenvalue weighted by molar-refractivity contribution is 5.32. The number of benzene rings is 1. The smallest absolute Gasteiger partial charge is 0.0452 e. The summed E-state index contributed by atoms with van der Waals surface area (Å²) in [6.07, 6.45) is 5.34. The summed E-state index contributed by atoms with van der Waals surface area (Å²) in [7, 11) is 2.33. The Morgan fingerprint density at radius 1 is 1.14 bits per heavy atom. The van der Waals surface area contributed by atoms with Gasteiger partial charge in [0, 0.05) is 31.2 Å². The van der Waals surface area contributed by atoms with Gasteiger partial charge in [-0.05, 0) is 56.9 Å². The molecule has 4 rings (SSSR count). The lowest BCUT2D eigenvalue weighted by Crippen LogP contribution is -2.42. The molecule has 3 atom stereocenters. The van der Waals surface area contributed by atoms with Crippen molar-refractivity contribution >= 4 is 0 Å². The third kappa shape index (κ3) is 2.63. The van der Waals surface area contributed by atoms with Gasteiger partial charge in [-0.25, -0.2) is 0 Å². The van der Waals surface area contributed by atoms with Crippen molar-refractivity contribution in [1.82, 2.24) is 15.1 Å². The van der Waals surface area contributed by atoms with Crippen molar-refractivity contribution in [1.29, 1.82) is 0 Å². The van der Waals surface area contributed by atoms with Crippen molar-refractivity contribution in [3.05, 3.63) is 35.4 Å². The molecule has 3 aliphatic rings. The second-order valence-corrected chi connectivity index (χ2v) is 7.05. The summed E-state index contributed by atoms with van der Waals surface area (Å²) >= 11 is 0. The Labute approximate surface area is 128 Å². The van der Waals surface area contributed by atoms with E-state index in [1.54, 1.807) is 5.56 Å². The topological polar surface area (TPSA) is 18.5 Å². The minimum absolute atomic E-state index is 0.525. The molecule has 2 bridgehead atoms. The zero-order valence-corrected chi connectivity index (χ0v) is 13.1. The van der Waals surface area contributed by atoms with Crippen LogP contribution >= 0.6 is 0 Å². The van der Waals surface area contributed by atoms with E-state index in [0.29, 0.717) is 6.04 Å². The minimum Gasteiger partial charge on any atom is -0.309 e. The van der Waals surface area contributed by atoms with Crippen molar-refractivity contribution in [3.8, 4) is 0 Å². The number of nitrogens with zero attached hydrogens (tertiary/aromatic N) is 2. The predicted octanol–water partition coefficient (Wildman–Crippen LogP) is 2.04. The number of hydrogen-bond donors (Lipinski definition) is 1. The second-order valence-electron chi connectivity index (χ2n) is 7.05. The number of rotatable bonds is 2. The molecular weight excluding hydrogens is 258 g/mol. The van der Waals surface area contributed by atoms with Crippen LogP contribution in [-0.4, -0.2) is 55.1 Å². The van der Waals surface area contributed by atoms with Gasteiger partial charge in [-0.15, -0.1) is 0 Å². The lowest BCUT2D eigenvalue weighted by molar-refractivity contribution is 0.203. The van der Waals surface area contributed by atoms with Crippen molar-refractivity contribution < 1.29 is 0 Å². The van der Waals surface area contributed by atoms with E-state index in [0.717, 1.165) is 18.6 Å². The van der Waals surface area contributed by atoms with Crippen LogP contribution in [0, 0.1) is 0 Å². The summed E-state index contributed by atoms with van der Waals surface area (Å²) in [5.41, 5.74) is 3.08. The van der Waals surface area contributed by atoms with Crippen molar-refractivity contribution in [2.45, 2.75) is 43.8 Å². The van der Waals surface area contributed by atoms with E-state index in [1.807, 2.05) is 0 Å². The molecule has 0 saturated carbocycles. The summed E-state index contributed by atoms with van der Waals surface area (Å²) in [6.45, 7) is 4.83. The molecular formula is C18H27N3. The lowest BCUT2D eigenvalue weighted by atomic mass is 9.94. The lowest BCUT2D eigenvalue weighted by Gasteiger charge is -2.33. The molecule has 1 aromatic carbocycles. The fourth-order valence-corrected chi connectivity index (χ4v) is 4.56. The van der Waals surface area contributed by atoms with Crippen molar-refractivity contribution in [3.63, 3.8) is 0 Å². The Kier molecular flexibility index (Phi) is 3.74. The highest BCUT2D eigenvalue weighted by Gasteiger charge is 2.35. The van der Waals surface area contributed by atoms with Crippen molar-refractivity contribution in [2.24, 2.45) is 0 Å². The van der Waals surface area contributed by atoms with Crippen LogP contribution in [0.2, 0.25) is 0 Å². The van der Waals surface area contributed by atoms with Crippen LogP contribution in [-0.2, 0) is 6.42 Å². The average molecular weight is 285 g/mol. The Hall–Kier alpha value is -0.900. The van der Waals surface area contributed by atoms with Gasteiger partial charge >= 0.3 is 0 Å². The first-order chi connectivity index (χ1) is 10.3. The normalized spacial score (nSPS) is 33.7. The first kappa shape index (κ1) is 13.7. The van der Waals surface area contributed by atoms with Crippen LogP contribution in [0.3, 0.4) is 0 Å². The third-order valence-corrected chi connectivity index (χ3v) is 5.89. The van der Waals surface area contributed by atoms with Gasteiger partial charge < -0.3 is 5.32 Å². The van der Waals surface area contributed by atoms with Crippen LogP contribution in [0.15, 0.2) is 24.3 Å². The van der Waals surface area contributed by atoms with Crippen molar-refractivity contribution in [2.75, 3.05) is 33.2 Å². The molecule has 3 unspecified atom stereocenters. The van der Waals surface area contributed by atoms with Gasteiger partial charge in [0.05, 0.1) is 0 Å². The quantitative estimate of drug-likeness (QED) is 0.897. The first-order valence-corrected chi connectivity index (χ1v) is 8.57. The predicted molar refractivity (Wildman–Crippen MR) is 86.5 cm³/mol. The van der Waals surface area contributed by atoms with Crippen LogP contribution in [0.5, 0.6) is 0 Å². The Morgan fingerprint density at radius 3 is 2.95 bits per heavy atom. The van der Waals surface area contributed by atoms with E-state index in [1.165, 1.54) is 50.9 Å². The van der Waals surface area contributed by atoms with E-state index < -0.39 is 0 Å². The molecule has 2 fully saturated rings. The molecule has 3 heterocycles. The van der Waals surface area contributed by atoms with Gasteiger partial charge in [0.2, 0.25) is 0 Å². The fourth-order valence-electron chi connectivity index (χ4n) is 4.56. The van der Waals surface area contributed by atoms with E-state index in [9.17, 15) is 0 Å². The Morgan fingerprint density at radius 2 is 2.00 bits per heavy atom. The summed E-state index contributed by atoms with van der Waals surface area (Å²) in [6, 6.07) is 11.2. The molecule has 1 N–H and O–H groups in total. The van der Waals surface area contributed by atoms with Gasteiger partial charge in [0.1, 0.15) is 0 Å². The molecule has 2 saturated heterocycles. The average Bonchev–Trinajstić information content (AvgIpc) is 2.76. The van der Waals surface area contributed by atoms with Gasteiger partial charge in [-0.2, -0.15) is 0 Å². The minimum atomic E-state index is 0.525. The number of hydrogen-bond acceptors (Lipinski definition) is 3. The Bertz CT molecular complexity index is 501. The molecule has 3 aliphatic heterocycles. The summed E-state index contributed by atoms with van der Waals surface area (Å²) in [5, 5.41) is 3.74. The van der Waals surface area contributed by atoms with Crippen LogP contribution in [0.4, 0.5) is 0 Å². The summed E-state index contributed by atoms with van der Waals surface area (Å²) in [5.74, 6) is 0. The molecule has 3 nitrogen and oxygen atoms in total. The highest BCUT2D eigenvalue weighted by Crippen LogP contribution is 2.30. The SMILES string of the molecule is CN1C2CCC1CN(CC1NCCc3ccccc31)CC2. The molecule has 3 heteroatoms. The molecule has 114 valence electrons. The number of fused-ring (bicyclic) bond motifs is 3. The maximum Gasteiger partial charge on any atom is 0.0452 e. The number of likely N-dealkylation sites (N-methyl/N-ethyl adjacent to an activating group) is 1. The van der Waals surface area contributed by atoms with E-state index in [2.05, 4.69) is 46.4 Å². The second kappa shape index (κ2) is 5.71. The highest BCUT2D eigenvalue weighted by atomic mass is 15.3. The first-order valence-electron chi connectivity index (χ1n) is 8.57. The van der Waals surface area contributed by atoms with Gasteiger partial charge in [-0.3, -0.25) is 9.80 Å².